The van der Waals surface area contributed by atoms with Crippen LogP contribution in [0.5, 0.6) is 0 Å². The highest BCUT2D eigenvalue weighted by Gasteiger charge is 2.18. The van der Waals surface area contributed by atoms with E-state index in [-0.39, 0.29) is 11.8 Å². The molecule has 0 saturated carbocycles. The van der Waals surface area contributed by atoms with Crippen molar-refractivity contribution in [3.8, 4) is 0 Å². The molecule has 7 nitrogen and oxygen atoms in total. The van der Waals surface area contributed by atoms with Gasteiger partial charge in [-0.3, -0.25) is 14.5 Å². The van der Waals surface area contributed by atoms with E-state index in [1.54, 1.807) is 12.1 Å². The van der Waals surface area contributed by atoms with E-state index in [0.717, 1.165) is 60.2 Å². The van der Waals surface area contributed by atoms with Crippen LogP contribution in [0.3, 0.4) is 0 Å². The Kier molecular flexibility index (Phi) is 7.07. The number of aryl methyl sites for hydroxylation is 1. The number of para-hydroxylation sites is 2. The first-order chi connectivity index (χ1) is 19.4. The first kappa shape index (κ1) is 25.8. The van der Waals surface area contributed by atoms with Gasteiger partial charge in [0.2, 0.25) is 0 Å². The number of piperazine rings is 1. The Morgan fingerprint density at radius 1 is 0.800 bits per heavy atom. The lowest BCUT2D eigenvalue weighted by Gasteiger charge is -2.32. The van der Waals surface area contributed by atoms with Gasteiger partial charge < -0.3 is 20.0 Å². The molecule has 40 heavy (non-hydrogen) atoms. The van der Waals surface area contributed by atoms with Crippen LogP contribution in [0.15, 0.2) is 89.3 Å². The van der Waals surface area contributed by atoms with E-state index in [1.165, 1.54) is 0 Å². The third-order valence-corrected chi connectivity index (χ3v) is 7.58. The average Bonchev–Trinajstić information content (AvgIpc) is 3.35. The van der Waals surface area contributed by atoms with Gasteiger partial charge in [0.05, 0.1) is 5.56 Å². The molecule has 1 fully saturated rings. The van der Waals surface area contributed by atoms with Crippen LogP contribution in [0.4, 0.5) is 11.4 Å². The first-order valence-corrected chi connectivity index (χ1v) is 13.6. The van der Waals surface area contributed by atoms with Crippen LogP contribution in [-0.4, -0.2) is 54.8 Å². The highest BCUT2D eigenvalue weighted by Crippen LogP contribution is 2.31. The number of furan rings is 1. The van der Waals surface area contributed by atoms with E-state index >= 15 is 0 Å². The summed E-state index contributed by atoms with van der Waals surface area (Å²) in [6, 6.07) is 26.6. The van der Waals surface area contributed by atoms with Gasteiger partial charge in [-0.1, -0.05) is 48.5 Å². The van der Waals surface area contributed by atoms with Crippen molar-refractivity contribution in [3.05, 3.63) is 107 Å². The maximum atomic E-state index is 13.3. The summed E-state index contributed by atoms with van der Waals surface area (Å²) in [6.07, 6.45) is 0. The van der Waals surface area contributed by atoms with E-state index in [2.05, 4.69) is 33.5 Å². The Balaban J connectivity index is 1.17. The Bertz CT molecular complexity index is 1720. The Morgan fingerprint density at radius 2 is 1.57 bits per heavy atom. The maximum Gasteiger partial charge on any atom is 0.259 e. The molecule has 4 aromatic carbocycles. The molecule has 5 aromatic rings. The fraction of sp³-hybridized carbons (Fsp3) is 0.212. The number of hydrogen-bond acceptors (Lipinski definition) is 5. The van der Waals surface area contributed by atoms with E-state index < -0.39 is 0 Å². The number of carbonyl (C=O) groups excluding carboxylic acids is 2. The number of carbonyl (C=O) groups is 2. The molecular formula is C33H32N4O3. The molecular weight excluding hydrogens is 500 g/mol. The summed E-state index contributed by atoms with van der Waals surface area (Å²) in [5.74, 6) is -0.457. The second kappa shape index (κ2) is 11.0. The van der Waals surface area contributed by atoms with Crippen molar-refractivity contribution in [1.29, 1.82) is 0 Å². The minimum Gasteiger partial charge on any atom is -0.455 e. The summed E-state index contributed by atoms with van der Waals surface area (Å²) in [5.41, 5.74) is 5.61. The van der Waals surface area contributed by atoms with E-state index in [1.807, 2.05) is 73.7 Å². The van der Waals surface area contributed by atoms with Crippen LogP contribution in [0.1, 0.15) is 31.8 Å². The van der Waals surface area contributed by atoms with Crippen LogP contribution >= 0.6 is 0 Å². The smallest absolute Gasteiger partial charge is 0.259 e. The fourth-order valence-corrected chi connectivity index (χ4v) is 5.23. The number of hydrogen-bond donors (Lipinski definition) is 2. The monoisotopic (exact) mass is 532 g/mol. The Hall–Kier alpha value is -4.46. The molecule has 202 valence electrons. The van der Waals surface area contributed by atoms with Gasteiger partial charge in [-0.15, -0.1) is 0 Å². The zero-order valence-corrected chi connectivity index (χ0v) is 22.7. The maximum absolute atomic E-state index is 13.3. The van der Waals surface area contributed by atoms with Crippen LogP contribution in [0.25, 0.3) is 21.9 Å². The lowest BCUT2D eigenvalue weighted by Crippen LogP contribution is -2.43. The Labute approximate surface area is 233 Å². The second-order valence-corrected chi connectivity index (χ2v) is 10.5. The van der Waals surface area contributed by atoms with Crippen molar-refractivity contribution in [2.75, 3.05) is 43.9 Å². The third-order valence-electron chi connectivity index (χ3n) is 7.58. The normalized spacial score (nSPS) is 14.4. The predicted octanol–water partition coefficient (Wildman–Crippen LogP) is 6.15. The molecule has 2 N–H and O–H groups in total. The molecule has 0 bridgehead atoms. The summed E-state index contributed by atoms with van der Waals surface area (Å²) in [4.78, 5) is 31.3. The molecule has 1 aromatic heterocycles. The van der Waals surface area contributed by atoms with Gasteiger partial charge in [-0.25, -0.2) is 0 Å². The highest BCUT2D eigenvalue weighted by atomic mass is 16.3. The molecule has 0 atom stereocenters. The third kappa shape index (κ3) is 5.34. The summed E-state index contributed by atoms with van der Waals surface area (Å²) in [6.45, 7) is 6.91. The number of fused-ring (bicyclic) bond motifs is 3. The molecule has 0 aliphatic carbocycles. The number of nitrogens with zero attached hydrogens (tertiary/aromatic N) is 2. The van der Waals surface area contributed by atoms with E-state index in [0.29, 0.717) is 28.1 Å². The van der Waals surface area contributed by atoms with Gasteiger partial charge in [0.15, 0.2) is 0 Å². The lowest BCUT2D eigenvalue weighted by atomic mass is 10.1. The van der Waals surface area contributed by atoms with Crippen molar-refractivity contribution >= 4 is 45.1 Å². The van der Waals surface area contributed by atoms with Crippen LogP contribution in [0.2, 0.25) is 0 Å². The largest absolute Gasteiger partial charge is 0.455 e. The molecule has 1 aliphatic rings. The molecule has 7 heteroatoms. The van der Waals surface area contributed by atoms with Crippen molar-refractivity contribution in [1.82, 2.24) is 9.80 Å². The quantitative estimate of drug-likeness (QED) is 0.274. The topological polar surface area (TPSA) is 77.8 Å². The van der Waals surface area contributed by atoms with E-state index in [9.17, 15) is 9.59 Å². The van der Waals surface area contributed by atoms with Gasteiger partial charge >= 0.3 is 0 Å². The molecule has 2 heterocycles. The number of nitrogens with one attached hydrogen (secondary N) is 2. The highest BCUT2D eigenvalue weighted by molar-refractivity contribution is 6.16. The van der Waals surface area contributed by atoms with Crippen LogP contribution < -0.4 is 10.6 Å². The number of anilines is 2. The Morgan fingerprint density at radius 3 is 2.42 bits per heavy atom. The molecule has 2 amide bonds. The van der Waals surface area contributed by atoms with Crippen LogP contribution in [-0.2, 0) is 6.54 Å². The van der Waals surface area contributed by atoms with Crippen molar-refractivity contribution in [2.24, 2.45) is 0 Å². The minimum absolute atomic E-state index is 0.182. The van der Waals surface area contributed by atoms with Gasteiger partial charge in [0.1, 0.15) is 11.2 Å². The van der Waals surface area contributed by atoms with Gasteiger partial charge in [0.25, 0.3) is 11.8 Å². The summed E-state index contributed by atoms with van der Waals surface area (Å²) in [7, 11) is 2.14. The first-order valence-electron chi connectivity index (χ1n) is 13.6. The molecule has 0 unspecified atom stereocenters. The fourth-order valence-electron chi connectivity index (χ4n) is 5.23. The molecule has 1 saturated heterocycles. The number of benzene rings is 4. The molecule has 1 aliphatic heterocycles. The summed E-state index contributed by atoms with van der Waals surface area (Å²) < 4.78 is 6.03. The average molecular weight is 533 g/mol. The van der Waals surface area contributed by atoms with Crippen LogP contribution in [0, 0.1) is 6.92 Å². The SMILES string of the molecule is Cc1ccc(NC(=O)c2cccc3c2oc2ccccc23)cc1NC(=O)c1cccc(CN2CCN(C)CC2)c1. The molecule has 0 radical (unpaired) electrons. The summed E-state index contributed by atoms with van der Waals surface area (Å²) in [5, 5.41) is 7.88. The summed E-state index contributed by atoms with van der Waals surface area (Å²) >= 11 is 0. The molecule has 6 rings (SSSR count). The number of likely N-dealkylation sites (N-methyl/N-ethyl adjacent to an activating group) is 1. The van der Waals surface area contributed by atoms with Crippen molar-refractivity contribution in [3.63, 3.8) is 0 Å². The van der Waals surface area contributed by atoms with Crippen molar-refractivity contribution < 1.29 is 14.0 Å². The number of amides is 2. The second-order valence-electron chi connectivity index (χ2n) is 10.5. The zero-order chi connectivity index (χ0) is 27.6. The standard InChI is InChI=1S/C33H32N4O3/c1-22-13-14-25(34-33(39)28-11-6-10-27-26-9-3-4-12-30(26)40-31(27)28)20-29(22)35-32(38)24-8-5-7-23(19-24)21-37-17-15-36(2)16-18-37/h3-14,19-20H,15-18,21H2,1-2H3,(H,34,39)(H,35,38). The minimum atomic E-state index is -0.276. The van der Waals surface area contributed by atoms with Gasteiger partial charge in [0, 0.05) is 60.4 Å². The number of rotatable bonds is 6. The van der Waals surface area contributed by atoms with Crippen molar-refractivity contribution in [2.45, 2.75) is 13.5 Å². The van der Waals surface area contributed by atoms with E-state index in [4.69, 9.17) is 4.42 Å². The molecule has 0 spiro atoms. The predicted molar refractivity (Wildman–Crippen MR) is 160 cm³/mol. The van der Waals surface area contributed by atoms with Gasteiger partial charge in [-0.05, 0) is 61.5 Å². The zero-order valence-electron chi connectivity index (χ0n) is 22.7. The van der Waals surface area contributed by atoms with Gasteiger partial charge in [-0.2, -0.15) is 0 Å². The lowest BCUT2D eigenvalue weighted by molar-refractivity contribution is 0.101.